The van der Waals surface area contributed by atoms with Crippen LogP contribution in [0.4, 0.5) is 0 Å². The molecule has 0 spiro atoms. The lowest BCUT2D eigenvalue weighted by Crippen LogP contribution is -2.28. The molecule has 0 aromatic heterocycles. The number of hydrogen-bond donors (Lipinski definition) is 1. The Balaban J connectivity index is 2.51. The van der Waals surface area contributed by atoms with Crippen molar-refractivity contribution in [2.75, 3.05) is 12.4 Å². The van der Waals surface area contributed by atoms with Gasteiger partial charge in [-0.25, -0.2) is 0 Å². The summed E-state index contributed by atoms with van der Waals surface area (Å²) in [4.78, 5) is 2.84. The molecule has 1 atom stereocenters. The molecule has 1 N–H and O–H groups in total. The summed E-state index contributed by atoms with van der Waals surface area (Å²) in [5.74, 6) is 0.885. The van der Waals surface area contributed by atoms with Gasteiger partial charge in [0.05, 0.1) is 5.88 Å². The fourth-order valence-electron chi connectivity index (χ4n) is 0.779. The van der Waals surface area contributed by atoms with E-state index in [1.165, 1.54) is 0 Å². The third kappa shape index (κ3) is 1.28. The summed E-state index contributed by atoms with van der Waals surface area (Å²) < 4.78 is 0. The monoisotopic (exact) mass is 145 g/mol. The van der Waals surface area contributed by atoms with Crippen molar-refractivity contribution in [3.63, 3.8) is 0 Å². The number of aliphatic hydroxyl groups is 1. The SMILES string of the molecule is C=C1SCN(CC)C1O. The summed E-state index contributed by atoms with van der Waals surface area (Å²) in [5.41, 5.74) is 0. The van der Waals surface area contributed by atoms with Gasteiger partial charge in [0.25, 0.3) is 0 Å². The van der Waals surface area contributed by atoms with Gasteiger partial charge in [-0.05, 0) is 6.54 Å². The number of hydrogen-bond acceptors (Lipinski definition) is 3. The quantitative estimate of drug-likeness (QED) is 0.591. The zero-order valence-electron chi connectivity index (χ0n) is 5.50. The maximum absolute atomic E-state index is 9.26. The van der Waals surface area contributed by atoms with Crippen LogP contribution in [0.2, 0.25) is 0 Å². The molecule has 0 amide bonds. The molecule has 1 aliphatic heterocycles. The lowest BCUT2D eigenvalue weighted by atomic mass is 10.5. The minimum absolute atomic E-state index is 0.403. The van der Waals surface area contributed by atoms with Crippen molar-refractivity contribution in [1.29, 1.82) is 0 Å². The molecule has 3 heteroatoms. The van der Waals surface area contributed by atoms with E-state index in [1.807, 2.05) is 11.8 Å². The average molecular weight is 145 g/mol. The first-order valence-corrected chi connectivity index (χ1v) is 3.98. The van der Waals surface area contributed by atoms with E-state index in [9.17, 15) is 5.11 Å². The fourth-order valence-corrected chi connectivity index (χ4v) is 1.73. The van der Waals surface area contributed by atoms with Gasteiger partial charge in [-0.3, -0.25) is 4.90 Å². The molecular formula is C6H11NOS. The topological polar surface area (TPSA) is 23.5 Å². The lowest BCUT2D eigenvalue weighted by Gasteiger charge is -2.15. The molecule has 1 rings (SSSR count). The predicted octanol–water partition coefficient (Wildman–Crippen LogP) is 0.845. The zero-order chi connectivity index (χ0) is 6.85. The van der Waals surface area contributed by atoms with Crippen LogP contribution in [0.5, 0.6) is 0 Å². The largest absolute Gasteiger partial charge is 0.374 e. The molecule has 0 aliphatic carbocycles. The number of rotatable bonds is 1. The molecule has 52 valence electrons. The van der Waals surface area contributed by atoms with Crippen LogP contribution in [0.1, 0.15) is 6.92 Å². The van der Waals surface area contributed by atoms with E-state index in [0.717, 1.165) is 17.3 Å². The minimum Gasteiger partial charge on any atom is -0.374 e. The van der Waals surface area contributed by atoms with E-state index in [1.54, 1.807) is 11.8 Å². The molecule has 1 unspecified atom stereocenters. The Kier molecular flexibility index (Phi) is 2.16. The van der Waals surface area contributed by atoms with Crippen LogP contribution in [-0.2, 0) is 0 Å². The van der Waals surface area contributed by atoms with Crippen LogP contribution >= 0.6 is 11.8 Å². The highest BCUT2D eigenvalue weighted by Gasteiger charge is 2.24. The van der Waals surface area contributed by atoms with Crippen molar-refractivity contribution >= 4 is 11.8 Å². The van der Waals surface area contributed by atoms with Gasteiger partial charge in [-0.15, -0.1) is 11.8 Å². The number of nitrogens with zero attached hydrogens (tertiary/aromatic N) is 1. The second-order valence-corrected chi connectivity index (χ2v) is 3.09. The Labute approximate surface area is 59.5 Å². The lowest BCUT2D eigenvalue weighted by molar-refractivity contribution is 0.0673. The highest BCUT2D eigenvalue weighted by Crippen LogP contribution is 2.28. The van der Waals surface area contributed by atoms with Crippen molar-refractivity contribution < 1.29 is 5.11 Å². The van der Waals surface area contributed by atoms with Gasteiger partial charge >= 0.3 is 0 Å². The Morgan fingerprint density at radius 2 is 2.67 bits per heavy atom. The van der Waals surface area contributed by atoms with Crippen molar-refractivity contribution in [3.8, 4) is 0 Å². The van der Waals surface area contributed by atoms with Gasteiger partial charge in [0.1, 0.15) is 6.23 Å². The summed E-state index contributed by atoms with van der Waals surface area (Å²) in [6, 6.07) is 0. The minimum atomic E-state index is -0.403. The van der Waals surface area contributed by atoms with E-state index in [-0.39, 0.29) is 0 Å². The first-order valence-electron chi connectivity index (χ1n) is 2.99. The molecule has 9 heavy (non-hydrogen) atoms. The second-order valence-electron chi connectivity index (χ2n) is 2.02. The maximum Gasteiger partial charge on any atom is 0.139 e. The van der Waals surface area contributed by atoms with Gasteiger partial charge in [0, 0.05) is 4.91 Å². The van der Waals surface area contributed by atoms with Crippen LogP contribution in [0.15, 0.2) is 11.5 Å². The average Bonchev–Trinajstić information content (AvgIpc) is 2.15. The summed E-state index contributed by atoms with van der Waals surface area (Å²) in [5, 5.41) is 9.26. The third-order valence-corrected chi connectivity index (χ3v) is 2.50. The van der Waals surface area contributed by atoms with Gasteiger partial charge in [0.2, 0.25) is 0 Å². The van der Waals surface area contributed by atoms with Gasteiger partial charge in [-0.1, -0.05) is 13.5 Å². The van der Waals surface area contributed by atoms with Crippen LogP contribution in [-0.4, -0.2) is 28.7 Å². The van der Waals surface area contributed by atoms with Crippen molar-refractivity contribution in [2.45, 2.75) is 13.2 Å². The zero-order valence-corrected chi connectivity index (χ0v) is 6.32. The van der Waals surface area contributed by atoms with Crippen molar-refractivity contribution in [1.82, 2.24) is 4.90 Å². The molecule has 0 radical (unpaired) electrons. The van der Waals surface area contributed by atoms with E-state index in [0.29, 0.717) is 0 Å². The Hall–Kier alpha value is 0.01000. The maximum atomic E-state index is 9.26. The van der Waals surface area contributed by atoms with E-state index in [4.69, 9.17) is 0 Å². The first kappa shape index (κ1) is 7.12. The summed E-state index contributed by atoms with van der Waals surface area (Å²) in [6.45, 7) is 6.63. The molecule has 0 aromatic carbocycles. The van der Waals surface area contributed by atoms with Crippen LogP contribution in [0.3, 0.4) is 0 Å². The third-order valence-electron chi connectivity index (χ3n) is 1.46. The van der Waals surface area contributed by atoms with E-state index in [2.05, 4.69) is 6.58 Å². The molecule has 1 heterocycles. The van der Waals surface area contributed by atoms with Gasteiger partial charge in [-0.2, -0.15) is 0 Å². The number of likely N-dealkylation sites (N-methyl/N-ethyl adjacent to an activating group) is 1. The molecule has 0 saturated carbocycles. The molecular weight excluding hydrogens is 134 g/mol. The normalized spacial score (nSPS) is 29.6. The highest BCUT2D eigenvalue weighted by molar-refractivity contribution is 8.03. The Morgan fingerprint density at radius 3 is 2.89 bits per heavy atom. The number of aliphatic hydroxyl groups excluding tert-OH is 1. The first-order chi connectivity index (χ1) is 4.25. The van der Waals surface area contributed by atoms with E-state index >= 15 is 0 Å². The molecule has 1 aliphatic rings. The summed E-state index contributed by atoms with van der Waals surface area (Å²) in [7, 11) is 0. The van der Waals surface area contributed by atoms with Crippen LogP contribution in [0, 0.1) is 0 Å². The Morgan fingerprint density at radius 1 is 2.00 bits per heavy atom. The fraction of sp³-hybridized carbons (Fsp3) is 0.667. The van der Waals surface area contributed by atoms with Crippen LogP contribution < -0.4 is 0 Å². The molecule has 0 bridgehead atoms. The van der Waals surface area contributed by atoms with Gasteiger partial charge < -0.3 is 5.11 Å². The smallest absolute Gasteiger partial charge is 0.139 e. The van der Waals surface area contributed by atoms with Gasteiger partial charge in [0.15, 0.2) is 0 Å². The Bertz CT molecular complexity index is 126. The van der Waals surface area contributed by atoms with Crippen molar-refractivity contribution in [2.24, 2.45) is 0 Å². The molecule has 2 nitrogen and oxygen atoms in total. The number of thioether (sulfide) groups is 1. The summed E-state index contributed by atoms with van der Waals surface area (Å²) in [6.07, 6.45) is -0.403. The molecule has 1 fully saturated rings. The molecule has 1 saturated heterocycles. The van der Waals surface area contributed by atoms with E-state index < -0.39 is 6.23 Å². The predicted molar refractivity (Wildman–Crippen MR) is 40.0 cm³/mol. The highest BCUT2D eigenvalue weighted by atomic mass is 32.2. The standard InChI is InChI=1S/C6H11NOS/c1-3-7-4-9-5(2)6(7)8/h6,8H,2-4H2,1H3. The molecule has 0 aromatic rings. The van der Waals surface area contributed by atoms with Crippen LogP contribution in [0.25, 0.3) is 0 Å². The van der Waals surface area contributed by atoms with Crippen molar-refractivity contribution in [3.05, 3.63) is 11.5 Å². The second kappa shape index (κ2) is 2.73. The summed E-state index contributed by atoms with van der Waals surface area (Å²) >= 11 is 1.62.